The highest BCUT2D eigenvalue weighted by Gasteiger charge is 2.17. The van der Waals surface area contributed by atoms with Gasteiger partial charge in [-0.3, -0.25) is 14.1 Å². The first kappa shape index (κ1) is 19.6. The van der Waals surface area contributed by atoms with Crippen LogP contribution in [0, 0.1) is 0 Å². The third-order valence-electron chi connectivity index (χ3n) is 6.12. The summed E-state index contributed by atoms with van der Waals surface area (Å²) in [4.78, 5) is 22.6. The van der Waals surface area contributed by atoms with E-state index in [9.17, 15) is 4.79 Å². The van der Waals surface area contributed by atoms with E-state index in [1.54, 1.807) is 7.11 Å². The predicted octanol–water partition coefficient (Wildman–Crippen LogP) is 2.87. The van der Waals surface area contributed by atoms with Crippen LogP contribution < -0.4 is 15.2 Å². The monoisotopic (exact) mass is 417 g/mol. The summed E-state index contributed by atoms with van der Waals surface area (Å²) in [5.41, 5.74) is 3.55. The lowest BCUT2D eigenvalue weighted by molar-refractivity contribution is 0.250. The highest BCUT2D eigenvalue weighted by molar-refractivity contribution is 5.75. The van der Waals surface area contributed by atoms with Gasteiger partial charge < -0.3 is 14.2 Å². The molecule has 160 valence electrons. The first-order valence-corrected chi connectivity index (χ1v) is 10.8. The molecule has 3 aromatic heterocycles. The number of nitrogens with zero attached hydrogens (tertiary/aromatic N) is 5. The Kier molecular flexibility index (Phi) is 5.34. The van der Waals surface area contributed by atoms with Gasteiger partial charge in [0.25, 0.3) is 5.56 Å². The van der Waals surface area contributed by atoms with E-state index in [0.717, 1.165) is 50.3 Å². The van der Waals surface area contributed by atoms with Gasteiger partial charge in [-0.25, -0.2) is 0 Å². The quantitative estimate of drug-likeness (QED) is 0.483. The molecule has 0 saturated carbocycles. The number of pyridine rings is 1. The van der Waals surface area contributed by atoms with E-state index >= 15 is 0 Å². The van der Waals surface area contributed by atoms with E-state index in [4.69, 9.17) is 4.74 Å². The van der Waals surface area contributed by atoms with Gasteiger partial charge in [0, 0.05) is 50.7 Å². The number of hydrogen-bond acceptors (Lipinski definition) is 5. The number of piperazine rings is 1. The molecule has 1 saturated heterocycles. The molecule has 1 fully saturated rings. The van der Waals surface area contributed by atoms with E-state index in [1.165, 1.54) is 5.69 Å². The molecule has 0 bridgehead atoms. The number of ether oxygens (including phenoxy) is 1. The molecule has 1 aromatic carbocycles. The Morgan fingerprint density at radius 1 is 0.903 bits per heavy atom. The molecule has 0 spiro atoms. The summed E-state index contributed by atoms with van der Waals surface area (Å²) in [7, 11) is 1.61. The first-order valence-electron chi connectivity index (χ1n) is 10.8. The van der Waals surface area contributed by atoms with Crippen molar-refractivity contribution in [1.82, 2.24) is 18.9 Å². The molecule has 1 aliphatic rings. The molecule has 31 heavy (non-hydrogen) atoms. The second kappa shape index (κ2) is 8.43. The van der Waals surface area contributed by atoms with Crippen molar-refractivity contribution in [2.24, 2.45) is 0 Å². The standard InChI is InChI=1S/C24H27N5O2/c1-31-22-11-10-20-23(25-22)28-13-5-9-21(28)24(30)29(20)14-6-12-26-15-17-27(18-16-26)19-7-3-2-4-8-19/h2-5,7-11,13H,6,12,14-18H2,1H3. The van der Waals surface area contributed by atoms with Crippen LogP contribution in [0.1, 0.15) is 6.42 Å². The average molecular weight is 418 g/mol. The normalized spacial score (nSPS) is 15.1. The van der Waals surface area contributed by atoms with Gasteiger partial charge in [-0.15, -0.1) is 0 Å². The molecule has 1 aliphatic heterocycles. The summed E-state index contributed by atoms with van der Waals surface area (Å²) in [6.07, 6.45) is 2.80. The fourth-order valence-electron chi connectivity index (χ4n) is 4.46. The van der Waals surface area contributed by atoms with Crippen molar-refractivity contribution in [3.63, 3.8) is 0 Å². The third kappa shape index (κ3) is 3.77. The molecule has 0 N–H and O–H groups in total. The van der Waals surface area contributed by atoms with Crippen LogP contribution in [0.2, 0.25) is 0 Å². The maximum atomic E-state index is 13.1. The third-order valence-corrected chi connectivity index (χ3v) is 6.12. The van der Waals surface area contributed by atoms with Crippen LogP contribution in [-0.2, 0) is 6.54 Å². The number of aryl methyl sites for hydroxylation is 1. The summed E-state index contributed by atoms with van der Waals surface area (Å²) in [5, 5.41) is 0. The van der Waals surface area contributed by atoms with E-state index < -0.39 is 0 Å². The molecule has 0 unspecified atom stereocenters. The van der Waals surface area contributed by atoms with Crippen LogP contribution in [0.15, 0.2) is 65.6 Å². The number of aromatic nitrogens is 3. The zero-order valence-corrected chi connectivity index (χ0v) is 17.8. The summed E-state index contributed by atoms with van der Waals surface area (Å²) >= 11 is 0. The highest BCUT2D eigenvalue weighted by Crippen LogP contribution is 2.18. The molecule has 5 rings (SSSR count). The number of para-hydroxylation sites is 1. The minimum absolute atomic E-state index is 0.0263. The van der Waals surface area contributed by atoms with Crippen LogP contribution in [-0.4, -0.2) is 58.7 Å². The predicted molar refractivity (Wildman–Crippen MR) is 123 cm³/mol. The maximum Gasteiger partial charge on any atom is 0.275 e. The Labute approximate surface area is 181 Å². The van der Waals surface area contributed by atoms with Crippen LogP contribution in [0.5, 0.6) is 5.88 Å². The maximum absolute atomic E-state index is 13.1. The largest absolute Gasteiger partial charge is 0.481 e. The lowest BCUT2D eigenvalue weighted by atomic mass is 10.2. The van der Waals surface area contributed by atoms with Crippen LogP contribution in [0.3, 0.4) is 0 Å². The van der Waals surface area contributed by atoms with Gasteiger partial charge in [-0.2, -0.15) is 4.98 Å². The van der Waals surface area contributed by atoms with Crippen molar-refractivity contribution >= 4 is 22.4 Å². The van der Waals surface area contributed by atoms with Crippen molar-refractivity contribution in [2.75, 3.05) is 44.7 Å². The minimum atomic E-state index is 0.0263. The summed E-state index contributed by atoms with van der Waals surface area (Å²) in [5.74, 6) is 0.545. The van der Waals surface area contributed by atoms with E-state index in [0.29, 0.717) is 17.9 Å². The lowest BCUT2D eigenvalue weighted by Crippen LogP contribution is -2.46. The molecule has 7 heteroatoms. The molecule has 7 nitrogen and oxygen atoms in total. The zero-order valence-electron chi connectivity index (χ0n) is 17.8. The van der Waals surface area contributed by atoms with Gasteiger partial charge in [-0.05, 0) is 43.3 Å². The molecule has 4 aromatic rings. The molecular formula is C24H27N5O2. The summed E-state index contributed by atoms with van der Waals surface area (Å²) < 4.78 is 9.00. The van der Waals surface area contributed by atoms with Crippen molar-refractivity contribution < 1.29 is 4.74 Å². The Hall–Kier alpha value is -3.32. The van der Waals surface area contributed by atoms with E-state index in [2.05, 4.69) is 45.1 Å². The first-order chi connectivity index (χ1) is 15.2. The second-order valence-electron chi connectivity index (χ2n) is 7.93. The Bertz CT molecular complexity index is 1240. The second-order valence-corrected chi connectivity index (χ2v) is 7.93. The number of rotatable bonds is 6. The number of anilines is 1. The van der Waals surface area contributed by atoms with E-state index in [-0.39, 0.29) is 5.56 Å². The van der Waals surface area contributed by atoms with Crippen molar-refractivity contribution in [3.05, 3.63) is 71.1 Å². The van der Waals surface area contributed by atoms with Crippen molar-refractivity contribution in [2.45, 2.75) is 13.0 Å². The molecule has 0 radical (unpaired) electrons. The lowest BCUT2D eigenvalue weighted by Gasteiger charge is -2.36. The van der Waals surface area contributed by atoms with Gasteiger partial charge in [0.1, 0.15) is 5.52 Å². The highest BCUT2D eigenvalue weighted by atomic mass is 16.5. The van der Waals surface area contributed by atoms with Crippen LogP contribution in [0.4, 0.5) is 5.69 Å². The number of methoxy groups -OCH3 is 1. The van der Waals surface area contributed by atoms with Gasteiger partial charge in [0.2, 0.25) is 5.88 Å². The SMILES string of the molecule is COc1ccc2c(n1)n1cccc1c(=O)n2CCCN1CCN(c2ccccc2)CC1. The fraction of sp³-hybridized carbons (Fsp3) is 0.333. The van der Waals surface area contributed by atoms with Gasteiger partial charge in [0.05, 0.1) is 12.6 Å². The molecule has 0 amide bonds. The number of benzene rings is 1. The molecule has 4 heterocycles. The van der Waals surface area contributed by atoms with Gasteiger partial charge >= 0.3 is 0 Å². The number of hydrogen-bond donors (Lipinski definition) is 0. The minimum Gasteiger partial charge on any atom is -0.481 e. The summed E-state index contributed by atoms with van der Waals surface area (Å²) in [6, 6.07) is 18.1. The van der Waals surface area contributed by atoms with Crippen LogP contribution in [0.25, 0.3) is 16.7 Å². The smallest absolute Gasteiger partial charge is 0.275 e. The summed E-state index contributed by atoms with van der Waals surface area (Å²) in [6.45, 7) is 5.80. The Morgan fingerprint density at radius 3 is 2.48 bits per heavy atom. The van der Waals surface area contributed by atoms with Crippen molar-refractivity contribution in [1.29, 1.82) is 0 Å². The van der Waals surface area contributed by atoms with Gasteiger partial charge in [-0.1, -0.05) is 18.2 Å². The van der Waals surface area contributed by atoms with Crippen LogP contribution >= 0.6 is 0 Å². The zero-order chi connectivity index (χ0) is 21.2. The molecular weight excluding hydrogens is 390 g/mol. The fourth-order valence-corrected chi connectivity index (χ4v) is 4.46. The Morgan fingerprint density at radius 2 is 1.71 bits per heavy atom. The van der Waals surface area contributed by atoms with E-state index in [1.807, 2.05) is 39.4 Å². The van der Waals surface area contributed by atoms with Crippen molar-refractivity contribution in [3.8, 4) is 5.88 Å². The topological polar surface area (TPSA) is 55.0 Å². The van der Waals surface area contributed by atoms with Gasteiger partial charge in [0.15, 0.2) is 5.65 Å². The average Bonchev–Trinajstić information content (AvgIpc) is 3.32. The number of fused-ring (bicyclic) bond motifs is 3. The molecule has 0 aliphatic carbocycles. The Balaban J connectivity index is 1.29. The molecule has 0 atom stereocenters.